The summed E-state index contributed by atoms with van der Waals surface area (Å²) in [6.07, 6.45) is 6.13. The molecule has 2 heterocycles. The minimum atomic E-state index is -0.0958. The van der Waals surface area contributed by atoms with E-state index >= 15 is 0 Å². The Kier molecular flexibility index (Phi) is 5.61. The van der Waals surface area contributed by atoms with Gasteiger partial charge in [-0.15, -0.1) is 0 Å². The Bertz CT molecular complexity index is 462. The number of rotatable bonds is 6. The maximum atomic E-state index is 5.77. The van der Waals surface area contributed by atoms with Gasteiger partial charge < -0.3 is 15.4 Å². The van der Waals surface area contributed by atoms with Crippen LogP contribution in [0.25, 0.3) is 0 Å². The van der Waals surface area contributed by atoms with Crippen LogP contribution in [0.15, 0.2) is 17.4 Å². The molecule has 1 unspecified atom stereocenters. The zero-order valence-corrected chi connectivity index (χ0v) is 13.4. The summed E-state index contributed by atoms with van der Waals surface area (Å²) in [4.78, 5) is 4.64. The van der Waals surface area contributed by atoms with Gasteiger partial charge in [0.05, 0.1) is 24.9 Å². The molecule has 0 bridgehead atoms. The van der Waals surface area contributed by atoms with E-state index in [-0.39, 0.29) is 5.60 Å². The molecule has 1 aliphatic heterocycles. The van der Waals surface area contributed by atoms with Gasteiger partial charge in [-0.1, -0.05) is 0 Å². The molecule has 21 heavy (non-hydrogen) atoms. The zero-order chi connectivity index (χ0) is 15.1. The third-order valence-corrected chi connectivity index (χ3v) is 3.61. The summed E-state index contributed by atoms with van der Waals surface area (Å²) in [5, 5.41) is 10.9. The first kappa shape index (κ1) is 15.8. The Labute approximate surface area is 127 Å². The van der Waals surface area contributed by atoms with Crippen LogP contribution in [0.4, 0.5) is 0 Å². The van der Waals surface area contributed by atoms with Crippen molar-refractivity contribution < 1.29 is 4.74 Å². The van der Waals surface area contributed by atoms with Crippen LogP contribution in [0.2, 0.25) is 0 Å². The average molecular weight is 293 g/mol. The second-order valence-electron chi connectivity index (χ2n) is 5.80. The van der Waals surface area contributed by atoms with E-state index in [1.807, 2.05) is 24.0 Å². The molecule has 0 aromatic carbocycles. The van der Waals surface area contributed by atoms with Crippen LogP contribution in [0.1, 0.15) is 32.3 Å². The van der Waals surface area contributed by atoms with Gasteiger partial charge in [0.1, 0.15) is 0 Å². The fraction of sp³-hybridized carbons (Fsp3) is 0.733. The van der Waals surface area contributed by atoms with Gasteiger partial charge in [-0.3, -0.25) is 9.67 Å². The number of guanidine groups is 1. The molecule has 0 aliphatic carbocycles. The topological polar surface area (TPSA) is 63.5 Å². The van der Waals surface area contributed by atoms with Crippen LogP contribution < -0.4 is 10.6 Å². The van der Waals surface area contributed by atoms with Crippen LogP contribution >= 0.6 is 0 Å². The lowest BCUT2D eigenvalue weighted by Gasteiger charge is -2.21. The van der Waals surface area contributed by atoms with Crippen molar-refractivity contribution in [2.75, 3.05) is 26.2 Å². The molecule has 0 saturated carbocycles. The van der Waals surface area contributed by atoms with E-state index in [1.54, 1.807) is 0 Å². The molecule has 0 spiro atoms. The molecule has 6 heteroatoms. The van der Waals surface area contributed by atoms with E-state index in [4.69, 9.17) is 4.74 Å². The van der Waals surface area contributed by atoms with Crippen LogP contribution in [-0.2, 0) is 11.3 Å². The monoisotopic (exact) mass is 293 g/mol. The maximum Gasteiger partial charge on any atom is 0.191 e. The van der Waals surface area contributed by atoms with Crippen molar-refractivity contribution >= 4 is 5.96 Å². The molecule has 1 saturated heterocycles. The van der Waals surface area contributed by atoms with E-state index in [0.717, 1.165) is 45.0 Å². The van der Waals surface area contributed by atoms with Crippen molar-refractivity contribution in [1.82, 2.24) is 20.4 Å². The first-order chi connectivity index (χ1) is 10.1. The van der Waals surface area contributed by atoms with Crippen LogP contribution in [0, 0.1) is 6.92 Å². The van der Waals surface area contributed by atoms with Gasteiger partial charge in [0, 0.05) is 25.9 Å². The SMILES string of the molecule is CCNC(=NCC1(C)CCCO1)NCCn1cc(C)cn1. The van der Waals surface area contributed by atoms with Crippen molar-refractivity contribution in [2.24, 2.45) is 4.99 Å². The van der Waals surface area contributed by atoms with Gasteiger partial charge >= 0.3 is 0 Å². The van der Waals surface area contributed by atoms with Gasteiger partial charge in [-0.05, 0) is 39.2 Å². The molecular weight excluding hydrogens is 266 g/mol. The third kappa shape index (κ3) is 5.04. The van der Waals surface area contributed by atoms with Gasteiger partial charge in [-0.25, -0.2) is 0 Å². The van der Waals surface area contributed by atoms with Crippen molar-refractivity contribution in [3.8, 4) is 0 Å². The number of aliphatic imine (C=N–C) groups is 1. The Morgan fingerprint density at radius 3 is 3.00 bits per heavy atom. The van der Waals surface area contributed by atoms with E-state index in [9.17, 15) is 0 Å². The van der Waals surface area contributed by atoms with Crippen LogP contribution in [0.5, 0.6) is 0 Å². The van der Waals surface area contributed by atoms with E-state index in [2.05, 4.69) is 34.6 Å². The highest BCUT2D eigenvalue weighted by molar-refractivity contribution is 5.79. The average Bonchev–Trinajstić information content (AvgIpc) is 3.06. The number of aryl methyl sites for hydroxylation is 1. The number of hydrogen-bond acceptors (Lipinski definition) is 3. The molecular formula is C15H27N5O. The molecule has 0 radical (unpaired) electrons. The summed E-state index contributed by atoms with van der Waals surface area (Å²) >= 11 is 0. The highest BCUT2D eigenvalue weighted by Crippen LogP contribution is 2.24. The molecule has 1 fully saturated rings. The standard InChI is InChI=1S/C15H27N5O/c1-4-16-14(18-12-15(3)6-5-9-21-15)17-7-8-20-11-13(2)10-19-20/h10-11H,4-9,12H2,1-3H3,(H2,16,17,18). The second kappa shape index (κ2) is 7.45. The lowest BCUT2D eigenvalue weighted by Crippen LogP contribution is -2.40. The van der Waals surface area contributed by atoms with E-state index < -0.39 is 0 Å². The number of hydrogen-bond donors (Lipinski definition) is 2. The Morgan fingerprint density at radius 1 is 1.52 bits per heavy atom. The first-order valence-electron chi connectivity index (χ1n) is 7.76. The smallest absolute Gasteiger partial charge is 0.191 e. The van der Waals surface area contributed by atoms with Crippen molar-refractivity contribution in [2.45, 2.75) is 45.8 Å². The molecule has 6 nitrogen and oxygen atoms in total. The predicted molar refractivity (Wildman–Crippen MR) is 84.5 cm³/mol. The molecule has 2 N–H and O–H groups in total. The van der Waals surface area contributed by atoms with Crippen LogP contribution in [-0.4, -0.2) is 47.6 Å². The first-order valence-corrected chi connectivity index (χ1v) is 7.76. The summed E-state index contributed by atoms with van der Waals surface area (Å²) in [6.45, 7) is 10.3. The molecule has 1 atom stereocenters. The quantitative estimate of drug-likeness (QED) is 0.613. The number of nitrogens with zero attached hydrogens (tertiary/aromatic N) is 3. The molecule has 118 valence electrons. The Hall–Kier alpha value is -1.56. The maximum absolute atomic E-state index is 5.77. The minimum absolute atomic E-state index is 0.0958. The molecule has 1 aromatic heterocycles. The van der Waals surface area contributed by atoms with Gasteiger partial charge in [-0.2, -0.15) is 5.10 Å². The summed E-state index contributed by atoms with van der Waals surface area (Å²) < 4.78 is 7.71. The molecule has 1 aliphatic rings. The van der Waals surface area contributed by atoms with Crippen molar-refractivity contribution in [1.29, 1.82) is 0 Å². The van der Waals surface area contributed by atoms with E-state index in [1.165, 1.54) is 5.56 Å². The third-order valence-electron chi connectivity index (χ3n) is 3.61. The summed E-state index contributed by atoms with van der Waals surface area (Å²) in [6, 6.07) is 0. The van der Waals surface area contributed by atoms with Gasteiger partial charge in [0.15, 0.2) is 5.96 Å². The summed E-state index contributed by atoms with van der Waals surface area (Å²) in [5.41, 5.74) is 1.09. The van der Waals surface area contributed by atoms with Crippen LogP contribution in [0.3, 0.4) is 0 Å². The van der Waals surface area contributed by atoms with Gasteiger partial charge in [0.25, 0.3) is 0 Å². The van der Waals surface area contributed by atoms with Crippen molar-refractivity contribution in [3.63, 3.8) is 0 Å². The molecule has 2 rings (SSSR count). The Morgan fingerprint density at radius 2 is 2.38 bits per heavy atom. The van der Waals surface area contributed by atoms with Gasteiger partial charge in [0.2, 0.25) is 0 Å². The normalized spacial score (nSPS) is 22.5. The highest BCUT2D eigenvalue weighted by Gasteiger charge is 2.29. The van der Waals surface area contributed by atoms with E-state index in [0.29, 0.717) is 6.54 Å². The minimum Gasteiger partial charge on any atom is -0.373 e. The lowest BCUT2D eigenvalue weighted by molar-refractivity contribution is 0.0283. The summed E-state index contributed by atoms with van der Waals surface area (Å²) in [7, 11) is 0. The highest BCUT2D eigenvalue weighted by atomic mass is 16.5. The molecule has 0 amide bonds. The molecule has 1 aromatic rings. The number of aromatic nitrogens is 2. The fourth-order valence-corrected chi connectivity index (χ4v) is 2.43. The predicted octanol–water partition coefficient (Wildman–Crippen LogP) is 1.32. The second-order valence-corrected chi connectivity index (χ2v) is 5.80. The summed E-state index contributed by atoms with van der Waals surface area (Å²) in [5.74, 6) is 0.845. The lowest BCUT2D eigenvalue weighted by atomic mass is 10.0. The fourth-order valence-electron chi connectivity index (χ4n) is 2.43. The Balaban J connectivity index is 1.80. The number of ether oxygens (including phenoxy) is 1. The largest absolute Gasteiger partial charge is 0.373 e. The zero-order valence-electron chi connectivity index (χ0n) is 13.4. The number of nitrogens with one attached hydrogen (secondary N) is 2. The van der Waals surface area contributed by atoms with Crippen molar-refractivity contribution in [3.05, 3.63) is 18.0 Å².